The highest BCUT2D eigenvalue weighted by molar-refractivity contribution is 7.85. The molecule has 0 aliphatic rings. The molecule has 17 heavy (non-hydrogen) atoms. The standard InChI is InChI=1S/C11H20O5S/c1-9(2)10(12)16-11(3,4)7-5-6-8-17(13,14)15/h1,5-8H2,2-4H3,(H,13,14,15). The molecule has 0 aromatic carbocycles. The van der Waals surface area contributed by atoms with E-state index in [1.807, 2.05) is 0 Å². The molecule has 0 heterocycles. The number of ether oxygens (including phenoxy) is 1. The molecule has 0 fully saturated rings. The Hall–Kier alpha value is -0.880. The van der Waals surface area contributed by atoms with Gasteiger partial charge < -0.3 is 4.74 Å². The third-order valence-corrected chi connectivity index (χ3v) is 2.95. The normalized spacial score (nSPS) is 12.2. The average Bonchev–Trinajstić information content (AvgIpc) is 2.10. The first kappa shape index (κ1) is 16.1. The molecule has 100 valence electrons. The maximum atomic E-state index is 11.3. The summed E-state index contributed by atoms with van der Waals surface area (Å²) in [4.78, 5) is 11.3. The van der Waals surface area contributed by atoms with E-state index in [4.69, 9.17) is 9.29 Å². The predicted octanol–water partition coefficient (Wildman–Crippen LogP) is 1.94. The molecular weight excluding hydrogens is 244 g/mol. The van der Waals surface area contributed by atoms with Gasteiger partial charge in [-0.1, -0.05) is 6.58 Å². The van der Waals surface area contributed by atoms with Gasteiger partial charge in [0.25, 0.3) is 10.1 Å². The van der Waals surface area contributed by atoms with Crippen LogP contribution in [0.1, 0.15) is 40.0 Å². The molecule has 5 nitrogen and oxygen atoms in total. The molecule has 0 radical (unpaired) electrons. The number of esters is 1. The van der Waals surface area contributed by atoms with Gasteiger partial charge in [0, 0.05) is 5.57 Å². The van der Waals surface area contributed by atoms with E-state index in [1.165, 1.54) is 0 Å². The summed E-state index contributed by atoms with van der Waals surface area (Å²) in [6.07, 6.45) is 1.42. The second-order valence-corrected chi connectivity index (χ2v) is 6.24. The van der Waals surface area contributed by atoms with Gasteiger partial charge in [0.1, 0.15) is 5.60 Å². The Kier molecular flexibility index (Phi) is 5.84. The highest BCUT2D eigenvalue weighted by Gasteiger charge is 2.22. The lowest BCUT2D eigenvalue weighted by atomic mass is 10.0. The fourth-order valence-corrected chi connectivity index (χ4v) is 1.79. The van der Waals surface area contributed by atoms with Crippen LogP contribution in [0.25, 0.3) is 0 Å². The van der Waals surface area contributed by atoms with E-state index in [0.717, 1.165) is 0 Å². The van der Waals surface area contributed by atoms with Gasteiger partial charge in [0.15, 0.2) is 0 Å². The van der Waals surface area contributed by atoms with E-state index in [9.17, 15) is 13.2 Å². The summed E-state index contributed by atoms with van der Waals surface area (Å²) in [5.41, 5.74) is -0.328. The van der Waals surface area contributed by atoms with Gasteiger partial charge in [-0.25, -0.2) is 4.79 Å². The van der Waals surface area contributed by atoms with Crippen molar-refractivity contribution in [3.05, 3.63) is 12.2 Å². The minimum absolute atomic E-state index is 0.266. The lowest BCUT2D eigenvalue weighted by molar-refractivity contribution is -0.152. The second-order valence-electron chi connectivity index (χ2n) is 4.67. The van der Waals surface area contributed by atoms with Crippen LogP contribution in [0.2, 0.25) is 0 Å². The van der Waals surface area contributed by atoms with E-state index in [0.29, 0.717) is 24.8 Å². The number of carbonyl (C=O) groups excluding carboxylic acids is 1. The Balaban J connectivity index is 4.02. The summed E-state index contributed by atoms with van der Waals surface area (Å²) >= 11 is 0. The SMILES string of the molecule is C=C(C)C(=O)OC(C)(C)CCCCS(=O)(=O)O. The van der Waals surface area contributed by atoms with Crippen LogP contribution in [-0.4, -0.2) is 30.3 Å². The third kappa shape index (κ3) is 8.88. The number of hydrogen-bond acceptors (Lipinski definition) is 4. The van der Waals surface area contributed by atoms with E-state index >= 15 is 0 Å². The predicted molar refractivity (Wildman–Crippen MR) is 65.3 cm³/mol. The average molecular weight is 264 g/mol. The summed E-state index contributed by atoms with van der Waals surface area (Å²) in [6, 6.07) is 0. The van der Waals surface area contributed by atoms with Crippen molar-refractivity contribution in [1.82, 2.24) is 0 Å². The van der Waals surface area contributed by atoms with Crippen LogP contribution >= 0.6 is 0 Å². The van der Waals surface area contributed by atoms with Gasteiger partial charge >= 0.3 is 5.97 Å². The van der Waals surface area contributed by atoms with Crippen LogP contribution in [0.3, 0.4) is 0 Å². The first-order valence-corrected chi connectivity index (χ1v) is 6.98. The van der Waals surface area contributed by atoms with Gasteiger partial charge in [-0.3, -0.25) is 4.55 Å². The number of carbonyl (C=O) groups is 1. The molecule has 0 bridgehead atoms. The van der Waals surface area contributed by atoms with Crippen molar-refractivity contribution in [2.24, 2.45) is 0 Å². The zero-order valence-electron chi connectivity index (χ0n) is 10.5. The van der Waals surface area contributed by atoms with Crippen LogP contribution < -0.4 is 0 Å². The van der Waals surface area contributed by atoms with Gasteiger partial charge in [0.2, 0.25) is 0 Å². The molecule has 0 saturated carbocycles. The largest absolute Gasteiger partial charge is 0.456 e. The molecule has 0 atom stereocenters. The lowest BCUT2D eigenvalue weighted by Gasteiger charge is -2.25. The van der Waals surface area contributed by atoms with Crippen LogP contribution in [0, 0.1) is 0 Å². The molecule has 0 aromatic rings. The lowest BCUT2D eigenvalue weighted by Crippen LogP contribution is -2.28. The first-order valence-electron chi connectivity index (χ1n) is 5.37. The van der Waals surface area contributed by atoms with Crippen LogP contribution in [0.5, 0.6) is 0 Å². The molecular formula is C11H20O5S. The highest BCUT2D eigenvalue weighted by atomic mass is 32.2. The molecule has 0 aliphatic heterocycles. The molecule has 0 unspecified atom stereocenters. The van der Waals surface area contributed by atoms with Gasteiger partial charge in [0.05, 0.1) is 5.75 Å². The number of hydrogen-bond donors (Lipinski definition) is 1. The fourth-order valence-electron chi connectivity index (χ4n) is 1.22. The van der Waals surface area contributed by atoms with E-state index in [1.54, 1.807) is 20.8 Å². The zero-order chi connectivity index (χ0) is 13.7. The van der Waals surface area contributed by atoms with E-state index < -0.39 is 21.7 Å². The smallest absolute Gasteiger partial charge is 0.333 e. The summed E-state index contributed by atoms with van der Waals surface area (Å²) < 4.78 is 34.7. The van der Waals surface area contributed by atoms with Crippen LogP contribution in [0.4, 0.5) is 0 Å². The molecule has 1 N–H and O–H groups in total. The number of unbranched alkanes of at least 4 members (excludes halogenated alkanes) is 1. The van der Waals surface area contributed by atoms with Crippen molar-refractivity contribution in [1.29, 1.82) is 0 Å². The Bertz CT molecular complexity index is 381. The summed E-state index contributed by atoms with van der Waals surface area (Å²) in [5, 5.41) is 0. The molecule has 0 saturated heterocycles. The summed E-state index contributed by atoms with van der Waals surface area (Å²) in [7, 11) is -3.90. The van der Waals surface area contributed by atoms with E-state index in [-0.39, 0.29) is 5.75 Å². The highest BCUT2D eigenvalue weighted by Crippen LogP contribution is 2.19. The Labute approximate surface area is 103 Å². The number of rotatable bonds is 7. The quantitative estimate of drug-likeness (QED) is 0.329. The molecule has 0 amide bonds. The minimum atomic E-state index is -3.90. The molecule has 0 rings (SSSR count). The second kappa shape index (κ2) is 6.16. The molecule has 0 spiro atoms. The van der Waals surface area contributed by atoms with Gasteiger partial charge in [-0.2, -0.15) is 8.42 Å². The van der Waals surface area contributed by atoms with Crippen LogP contribution in [-0.2, 0) is 19.6 Å². The van der Waals surface area contributed by atoms with E-state index in [2.05, 4.69) is 6.58 Å². The topological polar surface area (TPSA) is 80.7 Å². The summed E-state index contributed by atoms with van der Waals surface area (Å²) in [5.74, 6) is -0.720. The maximum absolute atomic E-state index is 11.3. The summed E-state index contributed by atoms with van der Waals surface area (Å²) in [6.45, 7) is 8.55. The maximum Gasteiger partial charge on any atom is 0.333 e. The fraction of sp³-hybridized carbons (Fsp3) is 0.727. The molecule has 6 heteroatoms. The van der Waals surface area contributed by atoms with Crippen LogP contribution in [0.15, 0.2) is 12.2 Å². The van der Waals surface area contributed by atoms with Crippen molar-refractivity contribution in [2.75, 3.05) is 5.75 Å². The van der Waals surface area contributed by atoms with Crippen molar-refractivity contribution in [3.8, 4) is 0 Å². The Morgan fingerprint density at radius 3 is 2.29 bits per heavy atom. The van der Waals surface area contributed by atoms with Crippen molar-refractivity contribution < 1.29 is 22.5 Å². The molecule has 0 aliphatic carbocycles. The minimum Gasteiger partial charge on any atom is -0.456 e. The third-order valence-electron chi connectivity index (χ3n) is 2.15. The van der Waals surface area contributed by atoms with Gasteiger partial charge in [-0.05, 0) is 40.0 Å². The molecule has 0 aromatic heterocycles. The van der Waals surface area contributed by atoms with Crippen molar-refractivity contribution >= 4 is 16.1 Å². The monoisotopic (exact) mass is 264 g/mol. The first-order chi connectivity index (χ1) is 7.53. The van der Waals surface area contributed by atoms with Crippen molar-refractivity contribution in [2.45, 2.75) is 45.6 Å². The van der Waals surface area contributed by atoms with Crippen molar-refractivity contribution in [3.63, 3.8) is 0 Å². The Morgan fingerprint density at radius 1 is 1.35 bits per heavy atom. The Morgan fingerprint density at radius 2 is 1.88 bits per heavy atom. The van der Waals surface area contributed by atoms with Gasteiger partial charge in [-0.15, -0.1) is 0 Å². The zero-order valence-corrected chi connectivity index (χ0v) is 11.3.